The van der Waals surface area contributed by atoms with Gasteiger partial charge in [-0.2, -0.15) is 0 Å². The molecule has 144 valence electrons. The average Bonchev–Trinajstić information content (AvgIpc) is 3.01. The van der Waals surface area contributed by atoms with Gasteiger partial charge in [-0.3, -0.25) is 4.79 Å². The summed E-state index contributed by atoms with van der Waals surface area (Å²) in [7, 11) is 4.70. The van der Waals surface area contributed by atoms with Crippen molar-refractivity contribution in [1.29, 1.82) is 0 Å². The maximum atomic E-state index is 12.3. The second kappa shape index (κ2) is 8.20. The Morgan fingerprint density at radius 3 is 2.19 bits per heavy atom. The van der Waals surface area contributed by atoms with E-state index in [1.165, 1.54) is 7.11 Å². The highest BCUT2D eigenvalue weighted by atomic mass is 16.5. The van der Waals surface area contributed by atoms with Crippen LogP contribution in [0.3, 0.4) is 0 Å². The van der Waals surface area contributed by atoms with E-state index in [9.17, 15) is 9.90 Å². The standard InChI is InChI=1S/C21H24O6/c1-24-18-6-4-14(10-17(18)22)9-16-15(12-27-21(16)23)8-13-5-7-19(25-2)20(11-13)26-3/h4-7,10-11,15-16,22H,8-9,12H2,1-3H3. The third-order valence-corrected chi connectivity index (χ3v) is 4.96. The molecular weight excluding hydrogens is 348 g/mol. The van der Waals surface area contributed by atoms with Gasteiger partial charge in [0.1, 0.15) is 0 Å². The molecule has 0 aromatic heterocycles. The molecule has 0 amide bonds. The van der Waals surface area contributed by atoms with Gasteiger partial charge in [-0.1, -0.05) is 12.1 Å². The number of phenols is 1. The van der Waals surface area contributed by atoms with Crippen LogP contribution in [0, 0.1) is 11.8 Å². The smallest absolute Gasteiger partial charge is 0.309 e. The molecule has 2 aromatic carbocycles. The van der Waals surface area contributed by atoms with Gasteiger partial charge in [-0.05, 0) is 48.2 Å². The summed E-state index contributed by atoms with van der Waals surface area (Å²) in [6, 6.07) is 11.0. The SMILES string of the molecule is COc1ccc(CC2C(=O)OCC2Cc2ccc(OC)c(OC)c2)cc1O. The van der Waals surface area contributed by atoms with Gasteiger partial charge in [0.15, 0.2) is 23.0 Å². The molecule has 6 nitrogen and oxygen atoms in total. The minimum absolute atomic E-state index is 0.0554. The van der Waals surface area contributed by atoms with Crippen LogP contribution in [0.5, 0.6) is 23.0 Å². The van der Waals surface area contributed by atoms with E-state index in [0.717, 1.165) is 11.1 Å². The summed E-state index contributed by atoms with van der Waals surface area (Å²) in [6.45, 7) is 0.389. The van der Waals surface area contributed by atoms with Gasteiger partial charge < -0.3 is 24.1 Å². The first-order valence-corrected chi connectivity index (χ1v) is 8.79. The lowest BCUT2D eigenvalue weighted by Crippen LogP contribution is -2.20. The molecule has 1 saturated heterocycles. The van der Waals surface area contributed by atoms with Crippen molar-refractivity contribution in [2.24, 2.45) is 11.8 Å². The predicted molar refractivity (Wildman–Crippen MR) is 99.6 cm³/mol. The molecule has 0 radical (unpaired) electrons. The van der Waals surface area contributed by atoms with Crippen molar-refractivity contribution in [3.8, 4) is 23.0 Å². The molecular formula is C21H24O6. The van der Waals surface area contributed by atoms with Crippen molar-refractivity contribution >= 4 is 5.97 Å². The van der Waals surface area contributed by atoms with Crippen LogP contribution in [0.4, 0.5) is 0 Å². The summed E-state index contributed by atoms with van der Waals surface area (Å²) < 4.78 is 21.0. The lowest BCUT2D eigenvalue weighted by atomic mass is 9.85. The monoisotopic (exact) mass is 372 g/mol. The second-order valence-electron chi connectivity index (χ2n) is 6.60. The third-order valence-electron chi connectivity index (χ3n) is 4.96. The van der Waals surface area contributed by atoms with Crippen LogP contribution in [0.1, 0.15) is 11.1 Å². The lowest BCUT2D eigenvalue weighted by molar-refractivity contribution is -0.141. The van der Waals surface area contributed by atoms with Crippen molar-refractivity contribution < 1.29 is 28.8 Å². The van der Waals surface area contributed by atoms with Crippen molar-refractivity contribution in [1.82, 2.24) is 0 Å². The van der Waals surface area contributed by atoms with E-state index in [1.807, 2.05) is 24.3 Å². The lowest BCUT2D eigenvalue weighted by Gasteiger charge is -2.17. The molecule has 2 unspecified atom stereocenters. The Bertz CT molecular complexity index is 816. The van der Waals surface area contributed by atoms with Crippen molar-refractivity contribution in [3.63, 3.8) is 0 Å². The molecule has 1 aliphatic rings. The van der Waals surface area contributed by atoms with Crippen LogP contribution in [-0.2, 0) is 22.4 Å². The first-order chi connectivity index (χ1) is 13.0. The summed E-state index contributed by atoms with van der Waals surface area (Å²) >= 11 is 0. The van der Waals surface area contributed by atoms with Gasteiger partial charge in [0.05, 0.1) is 33.9 Å². The van der Waals surface area contributed by atoms with E-state index in [0.29, 0.717) is 36.7 Å². The number of aromatic hydroxyl groups is 1. The number of methoxy groups -OCH3 is 3. The van der Waals surface area contributed by atoms with Crippen LogP contribution in [0.2, 0.25) is 0 Å². The summed E-state index contributed by atoms with van der Waals surface area (Å²) in [5.74, 6) is 1.41. The first kappa shape index (κ1) is 18.9. The van der Waals surface area contributed by atoms with E-state index in [-0.39, 0.29) is 23.6 Å². The first-order valence-electron chi connectivity index (χ1n) is 8.79. The predicted octanol–water partition coefficient (Wildman–Crippen LogP) is 2.99. The molecule has 2 atom stereocenters. The number of ether oxygens (including phenoxy) is 4. The number of benzene rings is 2. The molecule has 1 N–H and O–H groups in total. The number of rotatable bonds is 7. The second-order valence-corrected chi connectivity index (χ2v) is 6.60. The summed E-state index contributed by atoms with van der Waals surface area (Å²) in [5, 5.41) is 9.97. The molecule has 6 heteroatoms. The fourth-order valence-electron chi connectivity index (χ4n) is 3.48. The van der Waals surface area contributed by atoms with E-state index in [2.05, 4.69) is 0 Å². The zero-order valence-corrected chi connectivity index (χ0v) is 15.7. The van der Waals surface area contributed by atoms with E-state index < -0.39 is 0 Å². The Morgan fingerprint density at radius 1 is 0.926 bits per heavy atom. The Morgan fingerprint density at radius 2 is 1.56 bits per heavy atom. The third kappa shape index (κ3) is 4.10. The van der Waals surface area contributed by atoms with Crippen LogP contribution in [0.25, 0.3) is 0 Å². The molecule has 1 heterocycles. The molecule has 0 bridgehead atoms. The summed E-state index contributed by atoms with van der Waals surface area (Å²) in [6.07, 6.45) is 1.20. The molecule has 1 aliphatic heterocycles. The fraction of sp³-hybridized carbons (Fsp3) is 0.381. The fourth-order valence-corrected chi connectivity index (χ4v) is 3.48. The van der Waals surface area contributed by atoms with Crippen molar-refractivity contribution in [3.05, 3.63) is 47.5 Å². The van der Waals surface area contributed by atoms with Crippen molar-refractivity contribution in [2.45, 2.75) is 12.8 Å². The quantitative estimate of drug-likeness (QED) is 0.753. The maximum Gasteiger partial charge on any atom is 0.309 e. The number of cyclic esters (lactones) is 1. The van der Waals surface area contributed by atoms with Crippen molar-refractivity contribution in [2.75, 3.05) is 27.9 Å². The van der Waals surface area contributed by atoms with Gasteiger partial charge in [-0.15, -0.1) is 0 Å². The molecule has 3 rings (SSSR count). The minimum atomic E-state index is -0.258. The highest BCUT2D eigenvalue weighted by Crippen LogP contribution is 2.34. The van der Waals surface area contributed by atoms with Crippen LogP contribution < -0.4 is 14.2 Å². The highest BCUT2D eigenvalue weighted by Gasteiger charge is 2.37. The normalized spacial score (nSPS) is 18.9. The number of carbonyl (C=O) groups is 1. The van der Waals surface area contributed by atoms with Crippen LogP contribution in [0.15, 0.2) is 36.4 Å². The Balaban J connectivity index is 1.75. The average molecular weight is 372 g/mol. The highest BCUT2D eigenvalue weighted by molar-refractivity contribution is 5.75. The molecule has 27 heavy (non-hydrogen) atoms. The number of esters is 1. The Labute approximate surface area is 158 Å². The van der Waals surface area contributed by atoms with Gasteiger partial charge >= 0.3 is 5.97 Å². The number of carbonyl (C=O) groups excluding carboxylic acids is 1. The molecule has 0 spiro atoms. The summed E-state index contributed by atoms with van der Waals surface area (Å²) in [5.41, 5.74) is 1.92. The molecule has 0 aliphatic carbocycles. The van der Waals surface area contributed by atoms with Gasteiger partial charge in [0.25, 0.3) is 0 Å². The van der Waals surface area contributed by atoms with E-state index in [4.69, 9.17) is 18.9 Å². The minimum Gasteiger partial charge on any atom is -0.504 e. The van der Waals surface area contributed by atoms with Gasteiger partial charge in [0.2, 0.25) is 0 Å². The zero-order valence-electron chi connectivity index (χ0n) is 15.7. The zero-order chi connectivity index (χ0) is 19.4. The molecule has 0 saturated carbocycles. The number of hydrogen-bond acceptors (Lipinski definition) is 6. The number of phenolic OH excluding ortho intramolecular Hbond substituents is 1. The molecule has 2 aromatic rings. The maximum absolute atomic E-state index is 12.3. The van der Waals surface area contributed by atoms with Gasteiger partial charge in [0, 0.05) is 5.92 Å². The van der Waals surface area contributed by atoms with E-state index in [1.54, 1.807) is 26.4 Å². The van der Waals surface area contributed by atoms with Gasteiger partial charge in [-0.25, -0.2) is 0 Å². The summed E-state index contributed by atoms with van der Waals surface area (Å²) in [4.78, 5) is 12.3. The Hall–Kier alpha value is -2.89. The van der Waals surface area contributed by atoms with Crippen LogP contribution in [-0.4, -0.2) is 39.0 Å². The largest absolute Gasteiger partial charge is 0.504 e. The van der Waals surface area contributed by atoms with Crippen LogP contribution >= 0.6 is 0 Å². The Kier molecular flexibility index (Phi) is 5.74. The number of hydrogen-bond donors (Lipinski definition) is 1. The van der Waals surface area contributed by atoms with E-state index >= 15 is 0 Å². The molecule has 1 fully saturated rings. The topological polar surface area (TPSA) is 74.2 Å².